The lowest BCUT2D eigenvalue weighted by molar-refractivity contribution is 0.330. The summed E-state index contributed by atoms with van der Waals surface area (Å²) in [6.45, 7) is 5.80. The van der Waals surface area contributed by atoms with E-state index >= 15 is 0 Å². The molecule has 3 heteroatoms. The highest BCUT2D eigenvalue weighted by atomic mass is 16.4. The molecule has 15 heavy (non-hydrogen) atoms. The van der Waals surface area contributed by atoms with Gasteiger partial charge in [0, 0.05) is 13.2 Å². The molecule has 0 fully saturated rings. The Hall–Kier alpha value is -0.795. The molecule has 0 spiro atoms. The maximum atomic E-state index is 5.80. The van der Waals surface area contributed by atoms with Crippen LogP contribution in [0, 0.1) is 0 Å². The first kappa shape index (κ1) is 12.3. The van der Waals surface area contributed by atoms with Crippen LogP contribution in [0.5, 0.6) is 0 Å². The smallest absolute Gasteiger partial charge is 0.329 e. The van der Waals surface area contributed by atoms with Gasteiger partial charge in [0.1, 0.15) is 0 Å². The minimum atomic E-state index is 0.180. The molecule has 0 aliphatic carbocycles. The van der Waals surface area contributed by atoms with Crippen molar-refractivity contribution >= 4 is 12.4 Å². The van der Waals surface area contributed by atoms with E-state index in [-0.39, 0.29) is 6.92 Å². The lowest BCUT2D eigenvalue weighted by Gasteiger charge is -2.19. The molecule has 2 N–H and O–H groups in total. The lowest BCUT2D eigenvalue weighted by atomic mass is 9.51. The largest absolute Gasteiger partial charge is 0.429 e. The van der Waals surface area contributed by atoms with Gasteiger partial charge in [-0.1, -0.05) is 50.6 Å². The maximum absolute atomic E-state index is 5.80. The molecule has 1 unspecified atom stereocenters. The van der Waals surface area contributed by atoms with E-state index in [1.807, 2.05) is 6.07 Å². The Morgan fingerprint density at radius 1 is 1.33 bits per heavy atom. The summed E-state index contributed by atoms with van der Waals surface area (Å²) in [5, 5.41) is 0. The Morgan fingerprint density at radius 2 is 2.00 bits per heavy atom. The highest BCUT2D eigenvalue weighted by molar-refractivity contribution is 6.68. The number of hydrogen-bond donors (Lipinski definition) is 1. The van der Waals surface area contributed by atoms with Gasteiger partial charge in [0.2, 0.25) is 0 Å². The van der Waals surface area contributed by atoms with E-state index in [1.165, 1.54) is 5.46 Å². The van der Waals surface area contributed by atoms with Gasteiger partial charge in [0.15, 0.2) is 0 Å². The van der Waals surface area contributed by atoms with Crippen molar-refractivity contribution in [1.29, 1.82) is 0 Å². The normalized spacial score (nSPS) is 12.5. The minimum Gasteiger partial charge on any atom is -0.429 e. The third-order valence-corrected chi connectivity index (χ3v) is 2.70. The van der Waals surface area contributed by atoms with Gasteiger partial charge >= 0.3 is 6.92 Å². The van der Waals surface area contributed by atoms with E-state index in [0.717, 1.165) is 6.42 Å². The zero-order valence-corrected chi connectivity index (χ0v) is 9.65. The Kier molecular flexibility index (Phi) is 5.44. The van der Waals surface area contributed by atoms with Crippen LogP contribution in [0.3, 0.4) is 0 Å². The summed E-state index contributed by atoms with van der Waals surface area (Å²) in [4.78, 5) is 0. The summed E-state index contributed by atoms with van der Waals surface area (Å²) < 4.78 is 5.80. The molecule has 0 bridgehead atoms. The van der Waals surface area contributed by atoms with E-state index in [0.29, 0.717) is 19.0 Å². The van der Waals surface area contributed by atoms with Crippen LogP contribution < -0.4 is 11.2 Å². The zero-order valence-electron chi connectivity index (χ0n) is 9.65. The van der Waals surface area contributed by atoms with Crippen molar-refractivity contribution in [2.45, 2.75) is 26.1 Å². The fraction of sp³-hybridized carbons (Fsp3) is 0.500. The van der Waals surface area contributed by atoms with Crippen LogP contribution in [0.2, 0.25) is 5.82 Å². The molecule has 0 saturated carbocycles. The second-order valence-electron chi connectivity index (χ2n) is 3.88. The van der Waals surface area contributed by atoms with Gasteiger partial charge in [-0.2, -0.15) is 0 Å². The van der Waals surface area contributed by atoms with E-state index < -0.39 is 0 Å². The van der Waals surface area contributed by atoms with E-state index in [1.54, 1.807) is 0 Å². The molecule has 1 aromatic carbocycles. The number of hydrogen-bond acceptors (Lipinski definition) is 2. The molecule has 0 amide bonds. The summed E-state index contributed by atoms with van der Waals surface area (Å²) in [7, 11) is 0. The summed E-state index contributed by atoms with van der Waals surface area (Å²) >= 11 is 0. The summed E-state index contributed by atoms with van der Waals surface area (Å²) in [6.07, 6.45) is 1.12. The molecule has 1 aromatic rings. The van der Waals surface area contributed by atoms with Crippen molar-refractivity contribution in [2.75, 3.05) is 13.2 Å². The van der Waals surface area contributed by atoms with E-state index in [9.17, 15) is 0 Å². The molecule has 0 aromatic heterocycles. The minimum absolute atomic E-state index is 0.180. The van der Waals surface area contributed by atoms with Gasteiger partial charge in [0.05, 0.1) is 0 Å². The van der Waals surface area contributed by atoms with E-state index in [2.05, 4.69) is 38.1 Å². The van der Waals surface area contributed by atoms with Crippen molar-refractivity contribution in [3.8, 4) is 0 Å². The van der Waals surface area contributed by atoms with Crippen molar-refractivity contribution in [2.24, 2.45) is 5.73 Å². The van der Waals surface area contributed by atoms with Crippen LogP contribution in [0.1, 0.15) is 20.3 Å². The topological polar surface area (TPSA) is 35.2 Å². The van der Waals surface area contributed by atoms with Crippen molar-refractivity contribution in [3.63, 3.8) is 0 Å². The van der Waals surface area contributed by atoms with Crippen LogP contribution in [0.4, 0.5) is 0 Å². The van der Waals surface area contributed by atoms with Crippen LogP contribution in [-0.2, 0) is 4.65 Å². The third-order valence-electron chi connectivity index (χ3n) is 2.70. The monoisotopic (exact) mass is 205 g/mol. The standard InChI is InChI=1S/C12H20BNO/c1-3-11(2)13(15-10-9-14)12-7-5-4-6-8-12/h4-8,11H,3,9-10,14H2,1-2H3. The molecule has 0 radical (unpaired) electrons. The first-order chi connectivity index (χ1) is 7.29. The molecule has 1 rings (SSSR count). The van der Waals surface area contributed by atoms with Crippen LogP contribution in [0.25, 0.3) is 0 Å². The molecule has 1 atom stereocenters. The Morgan fingerprint density at radius 3 is 2.53 bits per heavy atom. The molecule has 0 saturated heterocycles. The molecular formula is C12H20BNO. The fourth-order valence-electron chi connectivity index (χ4n) is 1.64. The van der Waals surface area contributed by atoms with Crippen LogP contribution >= 0.6 is 0 Å². The van der Waals surface area contributed by atoms with Gasteiger partial charge in [-0.15, -0.1) is 0 Å². The molecule has 0 aliphatic heterocycles. The number of nitrogens with two attached hydrogens (primary N) is 1. The average molecular weight is 205 g/mol. The van der Waals surface area contributed by atoms with Gasteiger partial charge < -0.3 is 10.4 Å². The molecule has 0 aliphatic rings. The van der Waals surface area contributed by atoms with Gasteiger partial charge in [0.25, 0.3) is 0 Å². The highest BCUT2D eigenvalue weighted by Gasteiger charge is 2.24. The zero-order chi connectivity index (χ0) is 11.1. The summed E-state index contributed by atoms with van der Waals surface area (Å²) in [5.41, 5.74) is 6.72. The Labute approximate surface area is 92.9 Å². The Bertz CT molecular complexity index is 266. The van der Waals surface area contributed by atoms with Crippen molar-refractivity contribution in [3.05, 3.63) is 30.3 Å². The second-order valence-corrected chi connectivity index (χ2v) is 3.88. The molecular weight excluding hydrogens is 185 g/mol. The third kappa shape index (κ3) is 3.69. The Balaban J connectivity index is 2.72. The SMILES string of the molecule is CCC(C)B(OCCN)c1ccccc1. The predicted octanol–water partition coefficient (Wildman–Crippen LogP) is 1.66. The molecule has 2 nitrogen and oxygen atoms in total. The number of benzene rings is 1. The van der Waals surface area contributed by atoms with Gasteiger partial charge in [-0.3, -0.25) is 0 Å². The highest BCUT2D eigenvalue weighted by Crippen LogP contribution is 2.14. The quantitative estimate of drug-likeness (QED) is 0.717. The first-order valence-corrected chi connectivity index (χ1v) is 5.66. The number of rotatable bonds is 6. The van der Waals surface area contributed by atoms with Gasteiger partial charge in [-0.05, 0) is 11.3 Å². The van der Waals surface area contributed by atoms with Gasteiger partial charge in [-0.25, -0.2) is 0 Å². The van der Waals surface area contributed by atoms with Crippen molar-refractivity contribution in [1.82, 2.24) is 0 Å². The maximum Gasteiger partial charge on any atom is 0.329 e. The lowest BCUT2D eigenvalue weighted by Crippen LogP contribution is -2.38. The van der Waals surface area contributed by atoms with E-state index in [4.69, 9.17) is 10.4 Å². The molecule has 0 heterocycles. The second kappa shape index (κ2) is 6.65. The summed E-state index contributed by atoms with van der Waals surface area (Å²) in [5.74, 6) is 0.527. The average Bonchev–Trinajstić information content (AvgIpc) is 2.30. The fourth-order valence-corrected chi connectivity index (χ4v) is 1.64. The van der Waals surface area contributed by atoms with Crippen LogP contribution in [-0.4, -0.2) is 20.1 Å². The first-order valence-electron chi connectivity index (χ1n) is 5.66. The molecule has 82 valence electrons. The van der Waals surface area contributed by atoms with Crippen molar-refractivity contribution < 1.29 is 4.65 Å². The predicted molar refractivity (Wildman–Crippen MR) is 66.6 cm³/mol. The summed E-state index contributed by atoms with van der Waals surface area (Å²) in [6, 6.07) is 10.4. The van der Waals surface area contributed by atoms with Crippen LogP contribution in [0.15, 0.2) is 30.3 Å².